The highest BCUT2D eigenvalue weighted by Crippen LogP contribution is 2.62. The molecule has 0 nitrogen and oxygen atoms in total. The van der Waals surface area contributed by atoms with Crippen LogP contribution in [0.1, 0.15) is 27.2 Å². The Balaban J connectivity index is 3.08. The fourth-order valence-corrected chi connectivity index (χ4v) is 3.95. The van der Waals surface area contributed by atoms with Crippen molar-refractivity contribution < 1.29 is 0 Å². The van der Waals surface area contributed by atoms with E-state index < -0.39 is 7.26 Å². The van der Waals surface area contributed by atoms with E-state index in [1.165, 1.54) is 6.42 Å². The van der Waals surface area contributed by atoms with Crippen LogP contribution in [0.4, 0.5) is 0 Å². The van der Waals surface area contributed by atoms with Crippen molar-refractivity contribution in [3.05, 3.63) is 30.3 Å². The monoisotopic (exact) mass is 209 g/mol. The molecule has 0 fully saturated rings. The van der Waals surface area contributed by atoms with Crippen molar-refractivity contribution in [2.45, 2.75) is 32.3 Å². The van der Waals surface area contributed by atoms with Crippen molar-refractivity contribution in [1.29, 1.82) is 0 Å². The van der Waals surface area contributed by atoms with Gasteiger partial charge < -0.3 is 0 Å². The Morgan fingerprint density at radius 2 is 1.57 bits per heavy atom. The molecule has 0 N–H and O–H groups in total. The molecule has 0 unspecified atom stereocenters. The van der Waals surface area contributed by atoms with Crippen molar-refractivity contribution in [3.63, 3.8) is 0 Å². The van der Waals surface area contributed by atoms with Crippen molar-refractivity contribution in [2.75, 3.05) is 13.3 Å². The molecule has 0 amide bonds. The maximum absolute atomic E-state index is 2.45. The van der Waals surface area contributed by atoms with E-state index >= 15 is 0 Å². The molecule has 0 aromatic heterocycles. The number of hydrogen-bond donors (Lipinski definition) is 0. The van der Waals surface area contributed by atoms with Crippen LogP contribution >= 0.6 is 7.26 Å². The van der Waals surface area contributed by atoms with Crippen LogP contribution in [0.15, 0.2) is 30.3 Å². The molecule has 0 heterocycles. The molecule has 0 atom stereocenters. The van der Waals surface area contributed by atoms with Gasteiger partial charge >= 0.3 is 0 Å². The Morgan fingerprint density at radius 3 is 2.00 bits per heavy atom. The zero-order valence-corrected chi connectivity index (χ0v) is 10.9. The molecule has 0 aliphatic carbocycles. The predicted molar refractivity (Wildman–Crippen MR) is 69.2 cm³/mol. The van der Waals surface area contributed by atoms with E-state index in [2.05, 4.69) is 64.4 Å². The average molecular weight is 209 g/mol. The summed E-state index contributed by atoms with van der Waals surface area (Å²) in [7, 11) is -0.998. The molecule has 1 aromatic carbocycles. The second-order valence-electron chi connectivity index (χ2n) is 4.95. The molecule has 78 valence electrons. The molecular formula is C13H22P+. The second kappa shape index (κ2) is 4.03. The third-order valence-electron chi connectivity index (χ3n) is 3.78. The summed E-state index contributed by atoms with van der Waals surface area (Å²) >= 11 is 0. The molecule has 0 aliphatic heterocycles. The van der Waals surface area contributed by atoms with Crippen LogP contribution < -0.4 is 5.30 Å². The Labute approximate surface area is 89.1 Å². The molecule has 0 spiro atoms. The Hall–Kier alpha value is -0.350. The van der Waals surface area contributed by atoms with Gasteiger partial charge in [-0.05, 0) is 32.4 Å². The molecule has 0 radical (unpaired) electrons. The van der Waals surface area contributed by atoms with E-state index in [4.69, 9.17) is 0 Å². The van der Waals surface area contributed by atoms with Gasteiger partial charge in [0.05, 0.1) is 23.8 Å². The largest absolute Gasteiger partial charge is 0.0939 e. The Kier molecular flexibility index (Phi) is 3.37. The quantitative estimate of drug-likeness (QED) is 0.665. The normalized spacial score (nSPS) is 12.9. The van der Waals surface area contributed by atoms with E-state index in [1.807, 2.05) is 0 Å². The molecule has 0 saturated carbocycles. The lowest BCUT2D eigenvalue weighted by molar-refractivity contribution is 0.667. The zero-order chi connectivity index (χ0) is 10.8. The first-order valence-corrected chi connectivity index (χ1v) is 8.00. The summed E-state index contributed by atoms with van der Waals surface area (Å²) in [5, 5.41) is 2.00. The summed E-state index contributed by atoms with van der Waals surface area (Å²) in [6.07, 6.45) is 1.25. The predicted octanol–water partition coefficient (Wildman–Crippen LogP) is 3.78. The Bertz CT molecular complexity index is 285. The number of hydrogen-bond acceptors (Lipinski definition) is 0. The fraction of sp³-hybridized carbons (Fsp3) is 0.538. The smallest absolute Gasteiger partial charge is 0.0620 e. The van der Waals surface area contributed by atoms with Crippen LogP contribution in [0.3, 0.4) is 0 Å². The summed E-state index contributed by atoms with van der Waals surface area (Å²) in [5.41, 5.74) is 0. The molecule has 1 rings (SSSR count). The van der Waals surface area contributed by atoms with Crippen molar-refractivity contribution in [1.82, 2.24) is 0 Å². The van der Waals surface area contributed by atoms with Crippen LogP contribution in [0, 0.1) is 0 Å². The van der Waals surface area contributed by atoms with Crippen LogP contribution in [-0.4, -0.2) is 18.5 Å². The van der Waals surface area contributed by atoms with E-state index in [1.54, 1.807) is 5.30 Å². The average Bonchev–Trinajstić information content (AvgIpc) is 2.19. The van der Waals surface area contributed by atoms with Crippen molar-refractivity contribution in [2.24, 2.45) is 0 Å². The fourth-order valence-electron chi connectivity index (χ4n) is 1.55. The van der Waals surface area contributed by atoms with Gasteiger partial charge in [0.25, 0.3) is 0 Å². The lowest BCUT2D eigenvalue weighted by atomic mass is 10.1. The van der Waals surface area contributed by atoms with Gasteiger partial charge in [-0.3, -0.25) is 0 Å². The first-order valence-electron chi connectivity index (χ1n) is 5.31. The minimum atomic E-state index is -0.998. The number of benzene rings is 1. The molecule has 0 bridgehead atoms. The third-order valence-corrected chi connectivity index (χ3v) is 8.71. The highest BCUT2D eigenvalue weighted by Gasteiger charge is 2.44. The van der Waals surface area contributed by atoms with Crippen LogP contribution in [0.2, 0.25) is 0 Å². The zero-order valence-electron chi connectivity index (χ0n) is 10.0. The topological polar surface area (TPSA) is 0 Å². The van der Waals surface area contributed by atoms with Gasteiger partial charge in [0.1, 0.15) is 0 Å². The van der Waals surface area contributed by atoms with E-state index in [0.29, 0.717) is 5.16 Å². The summed E-state index contributed by atoms with van der Waals surface area (Å²) in [5.74, 6) is 0. The van der Waals surface area contributed by atoms with Gasteiger partial charge in [-0.1, -0.05) is 25.1 Å². The highest BCUT2D eigenvalue weighted by atomic mass is 31.2. The van der Waals surface area contributed by atoms with Gasteiger partial charge in [0.2, 0.25) is 0 Å². The Morgan fingerprint density at radius 1 is 1.07 bits per heavy atom. The highest BCUT2D eigenvalue weighted by molar-refractivity contribution is 7.82. The van der Waals surface area contributed by atoms with Gasteiger partial charge in [-0.15, -0.1) is 0 Å². The summed E-state index contributed by atoms with van der Waals surface area (Å²) < 4.78 is 0. The van der Waals surface area contributed by atoms with E-state index in [9.17, 15) is 0 Å². The summed E-state index contributed by atoms with van der Waals surface area (Å²) in [4.78, 5) is 0. The van der Waals surface area contributed by atoms with Crippen molar-refractivity contribution in [3.8, 4) is 0 Å². The molecule has 0 saturated heterocycles. The van der Waals surface area contributed by atoms with Gasteiger partial charge in [-0.25, -0.2) is 0 Å². The van der Waals surface area contributed by atoms with Crippen LogP contribution in [0.5, 0.6) is 0 Å². The minimum absolute atomic E-state index is 0.453. The maximum atomic E-state index is 2.45. The lowest BCUT2D eigenvalue weighted by Crippen LogP contribution is -2.29. The lowest BCUT2D eigenvalue weighted by Gasteiger charge is -2.34. The molecule has 1 heteroatoms. The molecular weight excluding hydrogens is 187 g/mol. The van der Waals surface area contributed by atoms with Gasteiger partial charge in [0.15, 0.2) is 0 Å². The number of rotatable bonds is 3. The second-order valence-corrected chi connectivity index (χ2v) is 9.59. The van der Waals surface area contributed by atoms with Gasteiger partial charge in [0, 0.05) is 7.26 Å². The van der Waals surface area contributed by atoms with E-state index in [0.717, 1.165) is 0 Å². The SMILES string of the molecule is CCC(C)(C)[P+](C)(C)c1ccccc1. The molecule has 1 aromatic rings. The minimum Gasteiger partial charge on any atom is -0.0620 e. The standard InChI is InChI=1S/C13H22P/c1-6-13(2,3)14(4,5)12-10-8-7-9-11-12/h7-11H,6H2,1-5H3/q+1. The third kappa shape index (κ3) is 2.01. The van der Waals surface area contributed by atoms with Crippen LogP contribution in [0.25, 0.3) is 0 Å². The molecule has 14 heavy (non-hydrogen) atoms. The van der Waals surface area contributed by atoms with Gasteiger partial charge in [-0.2, -0.15) is 0 Å². The molecule has 0 aliphatic rings. The first-order chi connectivity index (χ1) is 6.42. The van der Waals surface area contributed by atoms with E-state index in [-0.39, 0.29) is 0 Å². The van der Waals surface area contributed by atoms with Crippen LogP contribution in [-0.2, 0) is 0 Å². The van der Waals surface area contributed by atoms with Crippen molar-refractivity contribution >= 4 is 12.6 Å². The summed E-state index contributed by atoms with van der Waals surface area (Å²) in [6, 6.07) is 11.0. The maximum Gasteiger partial charge on any atom is 0.0939 e. The first kappa shape index (κ1) is 11.7. The summed E-state index contributed by atoms with van der Waals surface area (Å²) in [6.45, 7) is 12.0.